The van der Waals surface area contributed by atoms with Crippen LogP contribution in [0.5, 0.6) is 0 Å². The first-order valence-electron chi connectivity index (χ1n) is 5.77. The third-order valence-corrected chi connectivity index (χ3v) is 2.36. The van der Waals surface area contributed by atoms with Crippen molar-refractivity contribution in [1.82, 2.24) is 10.3 Å². The number of hydrogen-bond donors (Lipinski definition) is 2. The van der Waals surface area contributed by atoms with Gasteiger partial charge in [-0.15, -0.1) is 0 Å². The van der Waals surface area contributed by atoms with E-state index in [0.717, 1.165) is 5.56 Å². The lowest BCUT2D eigenvalue weighted by atomic mass is 10.0. The molecule has 1 heterocycles. The molecule has 0 atom stereocenters. The molecule has 0 fully saturated rings. The fraction of sp³-hybridized carbons (Fsp3) is 0.538. The molecule has 0 saturated heterocycles. The highest BCUT2D eigenvalue weighted by Gasteiger charge is 2.18. The molecule has 0 spiro atoms. The quantitative estimate of drug-likeness (QED) is 0.836. The van der Waals surface area contributed by atoms with E-state index >= 15 is 0 Å². The van der Waals surface area contributed by atoms with Crippen LogP contribution < -0.4 is 5.32 Å². The molecule has 4 nitrogen and oxygen atoms in total. The maximum atomic E-state index is 11.9. The van der Waals surface area contributed by atoms with Gasteiger partial charge in [0.1, 0.15) is 5.69 Å². The first-order chi connectivity index (χ1) is 7.81. The van der Waals surface area contributed by atoms with Crippen LogP contribution in [0.4, 0.5) is 0 Å². The van der Waals surface area contributed by atoms with E-state index in [9.17, 15) is 9.90 Å². The largest absolute Gasteiger partial charge is 0.389 e. The van der Waals surface area contributed by atoms with Crippen molar-refractivity contribution in [2.24, 2.45) is 0 Å². The van der Waals surface area contributed by atoms with Gasteiger partial charge in [-0.2, -0.15) is 0 Å². The molecule has 0 aromatic carbocycles. The van der Waals surface area contributed by atoms with E-state index in [-0.39, 0.29) is 18.4 Å². The molecule has 0 saturated carbocycles. The number of nitrogens with zero attached hydrogens (tertiary/aromatic N) is 1. The van der Waals surface area contributed by atoms with E-state index in [2.05, 4.69) is 10.3 Å². The number of rotatable bonds is 4. The second kappa shape index (κ2) is 5.27. The van der Waals surface area contributed by atoms with Crippen LogP contribution >= 0.6 is 0 Å². The maximum absolute atomic E-state index is 11.9. The summed E-state index contributed by atoms with van der Waals surface area (Å²) in [5, 5.41) is 12.2. The smallest absolute Gasteiger partial charge is 0.270 e. The summed E-state index contributed by atoms with van der Waals surface area (Å²) in [5.41, 5.74) is 0.440. The zero-order valence-corrected chi connectivity index (χ0v) is 10.8. The lowest BCUT2D eigenvalue weighted by molar-refractivity contribution is 0.0691. The molecule has 0 aliphatic heterocycles. The Morgan fingerprint density at radius 1 is 1.53 bits per heavy atom. The lowest BCUT2D eigenvalue weighted by Crippen LogP contribution is -2.38. The zero-order valence-electron chi connectivity index (χ0n) is 10.8. The average Bonchev–Trinajstić information content (AvgIpc) is 2.25. The number of carbonyl (C=O) groups excluding carboxylic acids is 1. The first kappa shape index (κ1) is 13.6. The molecule has 4 heteroatoms. The van der Waals surface area contributed by atoms with Crippen molar-refractivity contribution in [2.45, 2.75) is 39.2 Å². The Morgan fingerprint density at radius 2 is 2.18 bits per heavy atom. The second-order valence-electron chi connectivity index (χ2n) is 5.09. The first-order valence-corrected chi connectivity index (χ1v) is 5.77. The number of hydrogen-bond acceptors (Lipinski definition) is 3. The van der Waals surface area contributed by atoms with Gasteiger partial charge in [0, 0.05) is 12.7 Å². The number of pyridine rings is 1. The lowest BCUT2D eigenvalue weighted by Gasteiger charge is -2.18. The van der Waals surface area contributed by atoms with Crippen molar-refractivity contribution in [3.05, 3.63) is 29.6 Å². The molecular formula is C13H20N2O2. The van der Waals surface area contributed by atoms with Gasteiger partial charge in [0.25, 0.3) is 5.91 Å². The van der Waals surface area contributed by atoms with E-state index in [1.807, 2.05) is 26.0 Å². The Kier molecular flexibility index (Phi) is 4.23. The van der Waals surface area contributed by atoms with Crippen molar-refractivity contribution in [1.29, 1.82) is 0 Å². The number of amides is 1. The van der Waals surface area contributed by atoms with Crippen molar-refractivity contribution in [3.63, 3.8) is 0 Å². The highest BCUT2D eigenvalue weighted by Crippen LogP contribution is 2.17. The fourth-order valence-corrected chi connectivity index (χ4v) is 1.45. The van der Waals surface area contributed by atoms with Crippen LogP contribution in [0.25, 0.3) is 0 Å². The summed E-state index contributed by atoms with van der Waals surface area (Å²) < 4.78 is 0. The van der Waals surface area contributed by atoms with E-state index in [1.165, 1.54) is 0 Å². The van der Waals surface area contributed by atoms with Crippen LogP contribution in [0.1, 0.15) is 49.7 Å². The molecule has 1 aromatic heterocycles. The van der Waals surface area contributed by atoms with Crippen LogP contribution in [0, 0.1) is 0 Å². The zero-order chi connectivity index (χ0) is 13.1. The number of aromatic nitrogens is 1. The van der Waals surface area contributed by atoms with E-state index < -0.39 is 5.60 Å². The average molecular weight is 236 g/mol. The van der Waals surface area contributed by atoms with E-state index in [4.69, 9.17) is 0 Å². The Balaban J connectivity index is 2.82. The minimum Gasteiger partial charge on any atom is -0.389 e. The highest BCUT2D eigenvalue weighted by atomic mass is 16.3. The van der Waals surface area contributed by atoms with Crippen molar-refractivity contribution >= 4 is 5.91 Å². The van der Waals surface area contributed by atoms with Gasteiger partial charge in [-0.25, -0.2) is 0 Å². The molecule has 0 aliphatic carbocycles. The third-order valence-electron chi connectivity index (χ3n) is 2.36. The van der Waals surface area contributed by atoms with Gasteiger partial charge in [-0.1, -0.05) is 19.9 Å². The number of carbonyl (C=O) groups is 1. The van der Waals surface area contributed by atoms with Crippen molar-refractivity contribution in [2.75, 3.05) is 6.54 Å². The summed E-state index contributed by atoms with van der Waals surface area (Å²) >= 11 is 0. The normalized spacial score (nSPS) is 11.6. The van der Waals surface area contributed by atoms with Crippen LogP contribution in [-0.4, -0.2) is 28.1 Å². The van der Waals surface area contributed by atoms with Gasteiger partial charge < -0.3 is 10.4 Å². The molecule has 2 N–H and O–H groups in total. The van der Waals surface area contributed by atoms with Crippen molar-refractivity contribution in [3.8, 4) is 0 Å². The molecule has 0 aliphatic rings. The van der Waals surface area contributed by atoms with Gasteiger partial charge in [0.2, 0.25) is 0 Å². The van der Waals surface area contributed by atoms with E-state index in [0.29, 0.717) is 5.69 Å². The number of aliphatic hydroxyl groups is 1. The summed E-state index contributed by atoms with van der Waals surface area (Å²) in [7, 11) is 0. The Bertz CT molecular complexity index is 395. The summed E-state index contributed by atoms with van der Waals surface area (Å²) in [6.07, 6.45) is 1.60. The Hall–Kier alpha value is -1.42. The van der Waals surface area contributed by atoms with Gasteiger partial charge in [-0.05, 0) is 31.4 Å². The summed E-state index contributed by atoms with van der Waals surface area (Å²) in [6, 6.07) is 3.72. The second-order valence-corrected chi connectivity index (χ2v) is 5.09. The van der Waals surface area contributed by atoms with E-state index in [1.54, 1.807) is 20.0 Å². The maximum Gasteiger partial charge on any atom is 0.270 e. The van der Waals surface area contributed by atoms with Gasteiger partial charge in [-0.3, -0.25) is 9.78 Å². The topological polar surface area (TPSA) is 62.2 Å². The monoisotopic (exact) mass is 236 g/mol. The Morgan fingerprint density at radius 3 is 2.71 bits per heavy atom. The van der Waals surface area contributed by atoms with Crippen LogP contribution in [-0.2, 0) is 0 Å². The van der Waals surface area contributed by atoms with Crippen LogP contribution in [0.15, 0.2) is 18.3 Å². The molecule has 0 radical (unpaired) electrons. The molecule has 1 aromatic rings. The molecule has 1 rings (SSSR count). The van der Waals surface area contributed by atoms with Crippen molar-refractivity contribution < 1.29 is 9.90 Å². The Labute approximate surface area is 102 Å². The van der Waals surface area contributed by atoms with Gasteiger partial charge in [0.05, 0.1) is 5.60 Å². The molecule has 1 amide bonds. The summed E-state index contributed by atoms with van der Waals surface area (Å²) in [4.78, 5) is 16.0. The fourth-order valence-electron chi connectivity index (χ4n) is 1.45. The highest BCUT2D eigenvalue weighted by molar-refractivity contribution is 5.93. The minimum absolute atomic E-state index is 0.208. The van der Waals surface area contributed by atoms with Crippen LogP contribution in [0.2, 0.25) is 0 Å². The predicted molar refractivity (Wildman–Crippen MR) is 67.0 cm³/mol. The number of nitrogens with one attached hydrogen (secondary N) is 1. The molecular weight excluding hydrogens is 216 g/mol. The molecule has 0 bridgehead atoms. The van der Waals surface area contributed by atoms with Gasteiger partial charge >= 0.3 is 0 Å². The predicted octanol–water partition coefficient (Wildman–Crippen LogP) is 1.71. The summed E-state index contributed by atoms with van der Waals surface area (Å²) in [6.45, 7) is 7.54. The SMILES string of the molecule is CC(C)c1cccnc1C(=O)NCC(C)(C)O. The summed E-state index contributed by atoms with van der Waals surface area (Å²) in [5.74, 6) is 0.00279. The van der Waals surface area contributed by atoms with Crippen LogP contribution in [0.3, 0.4) is 0 Å². The minimum atomic E-state index is -0.914. The molecule has 17 heavy (non-hydrogen) atoms. The molecule has 0 unspecified atom stereocenters. The third kappa shape index (κ3) is 4.15. The molecule has 94 valence electrons. The standard InChI is InChI=1S/C13H20N2O2/c1-9(2)10-6-5-7-14-11(10)12(16)15-8-13(3,4)17/h5-7,9,17H,8H2,1-4H3,(H,15,16). The van der Waals surface area contributed by atoms with Gasteiger partial charge in [0.15, 0.2) is 0 Å².